The van der Waals surface area contributed by atoms with E-state index in [1.807, 2.05) is 18.4 Å². The number of benzene rings is 2. The van der Waals surface area contributed by atoms with Gasteiger partial charge in [0.2, 0.25) is 0 Å². The Hall–Kier alpha value is -1.80. The summed E-state index contributed by atoms with van der Waals surface area (Å²) >= 11 is 11.9. The molecule has 0 saturated heterocycles. The lowest BCUT2D eigenvalue weighted by Crippen LogP contribution is -2.43. The summed E-state index contributed by atoms with van der Waals surface area (Å²) in [5, 5.41) is 0.218. The standard InChI is InChI=1S/C15H15Cl2N3O3S/c1-10-3-2-4-12(7-10)20(9-15(21)19-18)24(22,23)14-8-11(16)5-6-13(14)17/h2-8H,9,18H2,1H3,(H,19,21). The lowest BCUT2D eigenvalue weighted by molar-refractivity contribution is -0.119. The molecule has 0 bridgehead atoms. The van der Waals surface area contributed by atoms with Gasteiger partial charge in [0, 0.05) is 5.02 Å². The smallest absolute Gasteiger partial charge is 0.266 e. The quantitative estimate of drug-likeness (QED) is 0.468. The van der Waals surface area contributed by atoms with E-state index in [9.17, 15) is 13.2 Å². The molecule has 128 valence electrons. The molecule has 0 spiro atoms. The van der Waals surface area contributed by atoms with Crippen molar-refractivity contribution >= 4 is 44.8 Å². The molecular formula is C15H15Cl2N3O3S. The van der Waals surface area contributed by atoms with Crippen molar-refractivity contribution in [1.29, 1.82) is 0 Å². The zero-order valence-corrected chi connectivity index (χ0v) is 15.0. The van der Waals surface area contributed by atoms with Crippen LogP contribution in [-0.2, 0) is 14.8 Å². The molecule has 0 aliphatic rings. The number of nitrogens with one attached hydrogen (secondary N) is 1. The van der Waals surface area contributed by atoms with E-state index < -0.39 is 22.5 Å². The number of hydrazine groups is 1. The van der Waals surface area contributed by atoms with E-state index in [2.05, 4.69) is 0 Å². The van der Waals surface area contributed by atoms with Gasteiger partial charge in [0.25, 0.3) is 15.9 Å². The van der Waals surface area contributed by atoms with Gasteiger partial charge < -0.3 is 0 Å². The Morgan fingerprint density at radius 2 is 1.92 bits per heavy atom. The summed E-state index contributed by atoms with van der Waals surface area (Å²) in [6, 6.07) is 10.8. The summed E-state index contributed by atoms with van der Waals surface area (Å²) in [6.45, 7) is 1.31. The van der Waals surface area contributed by atoms with Crippen molar-refractivity contribution < 1.29 is 13.2 Å². The molecule has 2 rings (SSSR count). The van der Waals surface area contributed by atoms with E-state index in [0.29, 0.717) is 5.69 Å². The number of aryl methyl sites for hydroxylation is 1. The number of carbonyl (C=O) groups is 1. The van der Waals surface area contributed by atoms with Gasteiger partial charge in [-0.15, -0.1) is 0 Å². The van der Waals surface area contributed by atoms with Crippen LogP contribution in [0.15, 0.2) is 47.4 Å². The highest BCUT2D eigenvalue weighted by Gasteiger charge is 2.29. The van der Waals surface area contributed by atoms with Crippen LogP contribution in [0.25, 0.3) is 0 Å². The first kappa shape index (κ1) is 18.5. The van der Waals surface area contributed by atoms with E-state index in [-0.39, 0.29) is 14.9 Å². The van der Waals surface area contributed by atoms with Gasteiger partial charge in [-0.3, -0.25) is 14.5 Å². The van der Waals surface area contributed by atoms with Gasteiger partial charge in [0.05, 0.1) is 10.7 Å². The Bertz CT molecular complexity index is 872. The Morgan fingerprint density at radius 3 is 2.54 bits per heavy atom. The Balaban J connectivity index is 2.61. The first-order valence-electron chi connectivity index (χ1n) is 6.79. The molecule has 1 amide bonds. The Morgan fingerprint density at radius 1 is 1.21 bits per heavy atom. The van der Waals surface area contributed by atoms with E-state index >= 15 is 0 Å². The summed E-state index contributed by atoms with van der Waals surface area (Å²) in [4.78, 5) is 11.5. The number of anilines is 1. The topological polar surface area (TPSA) is 92.5 Å². The van der Waals surface area contributed by atoms with Crippen molar-refractivity contribution in [3.63, 3.8) is 0 Å². The number of rotatable bonds is 5. The van der Waals surface area contributed by atoms with E-state index in [4.69, 9.17) is 29.0 Å². The van der Waals surface area contributed by atoms with E-state index in [1.54, 1.807) is 18.2 Å². The van der Waals surface area contributed by atoms with Gasteiger partial charge >= 0.3 is 0 Å². The lowest BCUT2D eigenvalue weighted by atomic mass is 10.2. The molecule has 0 aliphatic heterocycles. The second kappa shape index (κ2) is 7.40. The predicted octanol–water partition coefficient (Wildman–Crippen LogP) is 2.49. The molecule has 24 heavy (non-hydrogen) atoms. The molecule has 0 unspecified atom stereocenters. The normalized spacial score (nSPS) is 11.2. The molecule has 0 heterocycles. The third kappa shape index (κ3) is 3.99. The zero-order chi connectivity index (χ0) is 17.9. The monoisotopic (exact) mass is 387 g/mol. The first-order valence-corrected chi connectivity index (χ1v) is 8.99. The maximum absolute atomic E-state index is 13.0. The average molecular weight is 388 g/mol. The lowest BCUT2D eigenvalue weighted by Gasteiger charge is -2.24. The van der Waals surface area contributed by atoms with Gasteiger partial charge in [-0.05, 0) is 42.8 Å². The molecule has 0 aliphatic carbocycles. The number of nitrogens with zero attached hydrogens (tertiary/aromatic N) is 1. The summed E-state index contributed by atoms with van der Waals surface area (Å²) in [6.07, 6.45) is 0. The van der Waals surface area contributed by atoms with Crippen LogP contribution < -0.4 is 15.6 Å². The zero-order valence-electron chi connectivity index (χ0n) is 12.7. The number of sulfonamides is 1. The average Bonchev–Trinajstić information content (AvgIpc) is 2.54. The van der Waals surface area contributed by atoms with Crippen LogP contribution in [0.1, 0.15) is 5.56 Å². The third-order valence-corrected chi connectivity index (χ3v) is 5.69. The van der Waals surface area contributed by atoms with Gasteiger partial charge in [0.15, 0.2) is 0 Å². The summed E-state index contributed by atoms with van der Waals surface area (Å²) in [5.41, 5.74) is 3.07. The van der Waals surface area contributed by atoms with Gasteiger partial charge in [-0.25, -0.2) is 14.3 Å². The fourth-order valence-electron chi connectivity index (χ4n) is 2.07. The second-order valence-electron chi connectivity index (χ2n) is 4.99. The van der Waals surface area contributed by atoms with Crippen LogP contribution in [0.3, 0.4) is 0 Å². The molecule has 0 radical (unpaired) electrons. The predicted molar refractivity (Wildman–Crippen MR) is 94.5 cm³/mol. The fraction of sp³-hybridized carbons (Fsp3) is 0.133. The van der Waals surface area contributed by atoms with Crippen LogP contribution in [0.4, 0.5) is 5.69 Å². The van der Waals surface area contributed by atoms with Crippen molar-refractivity contribution in [1.82, 2.24) is 5.43 Å². The van der Waals surface area contributed by atoms with Crippen LogP contribution in [0.2, 0.25) is 10.0 Å². The summed E-state index contributed by atoms with van der Waals surface area (Å²) in [7, 11) is -4.13. The minimum absolute atomic E-state index is 0.00482. The first-order chi connectivity index (χ1) is 11.3. The highest BCUT2D eigenvalue weighted by Crippen LogP contribution is 2.30. The number of hydrogen-bond donors (Lipinski definition) is 2. The molecule has 0 fully saturated rings. The Kier molecular flexibility index (Phi) is 5.71. The van der Waals surface area contributed by atoms with E-state index in [1.165, 1.54) is 18.2 Å². The molecule has 6 nitrogen and oxygen atoms in total. The van der Waals surface area contributed by atoms with Crippen molar-refractivity contribution in [3.05, 3.63) is 58.1 Å². The van der Waals surface area contributed by atoms with Gasteiger partial charge in [-0.1, -0.05) is 35.3 Å². The molecule has 2 aromatic rings. The van der Waals surface area contributed by atoms with Crippen LogP contribution in [0.5, 0.6) is 0 Å². The molecule has 9 heteroatoms. The minimum atomic E-state index is -4.13. The van der Waals surface area contributed by atoms with Crippen molar-refractivity contribution in [2.75, 3.05) is 10.8 Å². The summed E-state index contributed by atoms with van der Waals surface area (Å²) < 4.78 is 27.0. The van der Waals surface area contributed by atoms with Crippen LogP contribution >= 0.6 is 23.2 Å². The van der Waals surface area contributed by atoms with Gasteiger partial charge in [-0.2, -0.15) is 0 Å². The molecule has 3 N–H and O–H groups in total. The fourth-order valence-corrected chi connectivity index (χ4v) is 4.22. The SMILES string of the molecule is Cc1cccc(N(CC(=O)NN)S(=O)(=O)c2cc(Cl)ccc2Cl)c1. The maximum Gasteiger partial charge on any atom is 0.266 e. The number of nitrogens with two attached hydrogens (primary N) is 1. The highest BCUT2D eigenvalue weighted by molar-refractivity contribution is 7.93. The summed E-state index contributed by atoms with van der Waals surface area (Å²) in [5.74, 6) is 4.43. The number of hydrogen-bond acceptors (Lipinski definition) is 4. The van der Waals surface area contributed by atoms with E-state index in [0.717, 1.165) is 9.87 Å². The molecule has 0 aromatic heterocycles. The maximum atomic E-state index is 13.0. The van der Waals surface area contributed by atoms with Gasteiger partial charge in [0.1, 0.15) is 11.4 Å². The third-order valence-electron chi connectivity index (χ3n) is 3.20. The van der Waals surface area contributed by atoms with Crippen LogP contribution in [0, 0.1) is 6.92 Å². The molecule has 0 atom stereocenters. The van der Waals surface area contributed by atoms with Crippen molar-refractivity contribution in [3.8, 4) is 0 Å². The highest BCUT2D eigenvalue weighted by atomic mass is 35.5. The molecule has 0 saturated carbocycles. The largest absolute Gasteiger partial charge is 0.293 e. The molecule has 2 aromatic carbocycles. The number of amides is 1. The second-order valence-corrected chi connectivity index (χ2v) is 7.67. The number of carbonyl (C=O) groups excluding carboxylic acids is 1. The van der Waals surface area contributed by atoms with Crippen molar-refractivity contribution in [2.24, 2.45) is 5.84 Å². The van der Waals surface area contributed by atoms with Crippen molar-refractivity contribution in [2.45, 2.75) is 11.8 Å². The number of halogens is 2. The van der Waals surface area contributed by atoms with Crippen LogP contribution in [-0.4, -0.2) is 20.9 Å². The Labute approximate surface area is 150 Å². The molecular weight excluding hydrogens is 373 g/mol. The minimum Gasteiger partial charge on any atom is -0.293 e.